The summed E-state index contributed by atoms with van der Waals surface area (Å²) in [5.74, 6) is -0.858. The standard InChI is InChI=1S/C12H10BrFN2O2/c1-2-18-12(17)10-6-16(7-15-10)11-5-8(14)3-4-9(11)13/h3-7H,2H2,1H3. The van der Waals surface area contributed by atoms with Gasteiger partial charge in [0.1, 0.15) is 12.1 Å². The number of ether oxygens (including phenoxy) is 1. The smallest absolute Gasteiger partial charge is 0.358 e. The molecule has 0 bridgehead atoms. The van der Waals surface area contributed by atoms with Crippen LogP contribution in [0.2, 0.25) is 0 Å². The summed E-state index contributed by atoms with van der Waals surface area (Å²) in [6.07, 6.45) is 2.93. The van der Waals surface area contributed by atoms with E-state index in [0.29, 0.717) is 10.2 Å². The molecule has 0 atom stereocenters. The summed E-state index contributed by atoms with van der Waals surface area (Å²) in [4.78, 5) is 15.4. The maximum absolute atomic E-state index is 13.2. The summed E-state index contributed by atoms with van der Waals surface area (Å²) in [5.41, 5.74) is 0.756. The van der Waals surface area contributed by atoms with Crippen LogP contribution in [-0.2, 0) is 4.74 Å². The Bertz CT molecular complexity index is 583. The molecule has 0 N–H and O–H groups in total. The predicted octanol–water partition coefficient (Wildman–Crippen LogP) is 2.95. The largest absolute Gasteiger partial charge is 0.461 e. The number of rotatable bonds is 3. The van der Waals surface area contributed by atoms with Crippen molar-refractivity contribution in [3.8, 4) is 5.69 Å². The van der Waals surface area contributed by atoms with Crippen LogP contribution >= 0.6 is 15.9 Å². The van der Waals surface area contributed by atoms with E-state index in [-0.39, 0.29) is 18.1 Å². The van der Waals surface area contributed by atoms with Gasteiger partial charge in [-0.25, -0.2) is 14.2 Å². The summed E-state index contributed by atoms with van der Waals surface area (Å²) in [6.45, 7) is 2.01. The minimum atomic E-state index is -0.497. The van der Waals surface area contributed by atoms with Gasteiger partial charge in [0.25, 0.3) is 0 Å². The second-order valence-electron chi connectivity index (χ2n) is 3.48. The fraction of sp³-hybridized carbons (Fsp3) is 0.167. The van der Waals surface area contributed by atoms with Gasteiger partial charge in [-0.05, 0) is 41.1 Å². The maximum atomic E-state index is 13.2. The van der Waals surface area contributed by atoms with Gasteiger partial charge in [-0.2, -0.15) is 0 Å². The molecule has 6 heteroatoms. The molecule has 0 fully saturated rings. The number of nitrogens with zero attached hydrogens (tertiary/aromatic N) is 2. The van der Waals surface area contributed by atoms with Gasteiger partial charge in [0.15, 0.2) is 5.69 Å². The lowest BCUT2D eigenvalue weighted by Gasteiger charge is -2.04. The molecule has 18 heavy (non-hydrogen) atoms. The quantitative estimate of drug-likeness (QED) is 0.818. The van der Waals surface area contributed by atoms with Gasteiger partial charge in [-0.15, -0.1) is 0 Å². The number of esters is 1. The number of carbonyl (C=O) groups is 1. The summed E-state index contributed by atoms with van der Waals surface area (Å²) in [6, 6.07) is 4.28. The first-order valence-corrected chi connectivity index (χ1v) is 6.07. The number of hydrogen-bond acceptors (Lipinski definition) is 3. The lowest BCUT2D eigenvalue weighted by atomic mass is 10.3. The van der Waals surface area contributed by atoms with Gasteiger partial charge in [-0.1, -0.05) is 0 Å². The molecule has 0 aliphatic carbocycles. The molecule has 1 aromatic carbocycles. The average Bonchev–Trinajstić information content (AvgIpc) is 2.82. The van der Waals surface area contributed by atoms with Crippen LogP contribution in [0.1, 0.15) is 17.4 Å². The topological polar surface area (TPSA) is 44.1 Å². The summed E-state index contributed by atoms with van der Waals surface area (Å²) < 4.78 is 20.3. The molecular formula is C12H10BrFN2O2. The molecule has 0 aliphatic rings. The van der Waals surface area contributed by atoms with Crippen molar-refractivity contribution in [1.29, 1.82) is 0 Å². The molecule has 2 aromatic rings. The monoisotopic (exact) mass is 312 g/mol. The normalized spacial score (nSPS) is 10.4. The van der Waals surface area contributed by atoms with Crippen LogP contribution in [0.5, 0.6) is 0 Å². The van der Waals surface area contributed by atoms with Crippen molar-refractivity contribution in [3.05, 3.63) is 46.7 Å². The number of benzene rings is 1. The van der Waals surface area contributed by atoms with E-state index in [1.807, 2.05) is 0 Å². The van der Waals surface area contributed by atoms with Crippen molar-refractivity contribution < 1.29 is 13.9 Å². The fourth-order valence-electron chi connectivity index (χ4n) is 1.45. The van der Waals surface area contributed by atoms with E-state index in [1.54, 1.807) is 17.6 Å². The molecule has 0 saturated heterocycles. The Labute approximate surface area is 112 Å². The molecule has 4 nitrogen and oxygen atoms in total. The highest BCUT2D eigenvalue weighted by Gasteiger charge is 2.12. The third-order valence-electron chi connectivity index (χ3n) is 2.25. The zero-order valence-electron chi connectivity index (χ0n) is 9.56. The highest BCUT2D eigenvalue weighted by Crippen LogP contribution is 2.22. The predicted molar refractivity (Wildman–Crippen MR) is 67.2 cm³/mol. The first-order valence-electron chi connectivity index (χ1n) is 5.28. The Morgan fingerprint density at radius 2 is 2.33 bits per heavy atom. The van der Waals surface area contributed by atoms with Crippen molar-refractivity contribution in [2.24, 2.45) is 0 Å². The second kappa shape index (κ2) is 5.30. The van der Waals surface area contributed by atoms with E-state index in [1.165, 1.54) is 24.7 Å². The van der Waals surface area contributed by atoms with E-state index < -0.39 is 5.97 Å². The summed E-state index contributed by atoms with van der Waals surface area (Å²) in [7, 11) is 0. The Hall–Kier alpha value is -1.69. The molecule has 2 rings (SSSR count). The molecule has 0 unspecified atom stereocenters. The van der Waals surface area contributed by atoms with Crippen LogP contribution in [-0.4, -0.2) is 22.1 Å². The van der Waals surface area contributed by atoms with Crippen LogP contribution in [0, 0.1) is 5.82 Å². The van der Waals surface area contributed by atoms with Crippen molar-refractivity contribution in [1.82, 2.24) is 9.55 Å². The third-order valence-corrected chi connectivity index (χ3v) is 2.92. The molecule has 0 amide bonds. The van der Waals surface area contributed by atoms with E-state index in [4.69, 9.17) is 4.74 Å². The number of halogens is 2. The molecule has 0 radical (unpaired) electrons. The number of imidazole rings is 1. The number of aromatic nitrogens is 2. The molecular weight excluding hydrogens is 303 g/mol. The third kappa shape index (κ3) is 2.59. The van der Waals surface area contributed by atoms with Crippen molar-refractivity contribution >= 4 is 21.9 Å². The molecule has 94 valence electrons. The van der Waals surface area contributed by atoms with E-state index in [2.05, 4.69) is 20.9 Å². The van der Waals surface area contributed by atoms with Crippen molar-refractivity contribution in [2.75, 3.05) is 6.61 Å². The first kappa shape index (κ1) is 12.8. The average molecular weight is 313 g/mol. The minimum Gasteiger partial charge on any atom is -0.461 e. The highest BCUT2D eigenvalue weighted by molar-refractivity contribution is 9.10. The Kier molecular flexibility index (Phi) is 3.76. The maximum Gasteiger partial charge on any atom is 0.358 e. The van der Waals surface area contributed by atoms with Gasteiger partial charge in [0, 0.05) is 10.7 Å². The van der Waals surface area contributed by atoms with Crippen molar-refractivity contribution in [3.63, 3.8) is 0 Å². The fourth-order valence-corrected chi connectivity index (χ4v) is 1.90. The Morgan fingerprint density at radius 3 is 3.06 bits per heavy atom. The first-order chi connectivity index (χ1) is 8.61. The minimum absolute atomic E-state index is 0.188. The van der Waals surface area contributed by atoms with Gasteiger partial charge >= 0.3 is 5.97 Å². The van der Waals surface area contributed by atoms with Crippen LogP contribution in [0.4, 0.5) is 4.39 Å². The number of hydrogen-bond donors (Lipinski definition) is 0. The van der Waals surface area contributed by atoms with Crippen LogP contribution in [0.3, 0.4) is 0 Å². The molecule has 1 heterocycles. The second-order valence-corrected chi connectivity index (χ2v) is 4.34. The number of carbonyl (C=O) groups excluding carboxylic acids is 1. The molecule has 0 saturated carbocycles. The molecule has 0 spiro atoms. The van der Waals surface area contributed by atoms with Gasteiger partial charge in [0.2, 0.25) is 0 Å². The van der Waals surface area contributed by atoms with Crippen LogP contribution in [0.25, 0.3) is 5.69 Å². The zero-order chi connectivity index (χ0) is 13.1. The lowest BCUT2D eigenvalue weighted by Crippen LogP contribution is -2.04. The lowest BCUT2D eigenvalue weighted by molar-refractivity contribution is 0.0520. The van der Waals surface area contributed by atoms with E-state index in [0.717, 1.165) is 0 Å². The van der Waals surface area contributed by atoms with Gasteiger partial charge in [0.05, 0.1) is 12.3 Å². The Morgan fingerprint density at radius 1 is 1.56 bits per heavy atom. The van der Waals surface area contributed by atoms with E-state index >= 15 is 0 Å². The van der Waals surface area contributed by atoms with Crippen molar-refractivity contribution in [2.45, 2.75) is 6.92 Å². The van der Waals surface area contributed by atoms with Crippen LogP contribution < -0.4 is 0 Å². The van der Waals surface area contributed by atoms with Gasteiger partial charge < -0.3 is 9.30 Å². The van der Waals surface area contributed by atoms with Gasteiger partial charge in [-0.3, -0.25) is 0 Å². The summed E-state index contributed by atoms with van der Waals surface area (Å²) in [5, 5.41) is 0. The highest BCUT2D eigenvalue weighted by atomic mass is 79.9. The van der Waals surface area contributed by atoms with Crippen LogP contribution in [0.15, 0.2) is 35.2 Å². The zero-order valence-corrected chi connectivity index (χ0v) is 11.1. The Balaban J connectivity index is 2.35. The van der Waals surface area contributed by atoms with E-state index in [9.17, 15) is 9.18 Å². The summed E-state index contributed by atoms with van der Waals surface area (Å²) >= 11 is 3.31. The molecule has 0 aliphatic heterocycles. The molecule has 1 aromatic heterocycles. The SMILES string of the molecule is CCOC(=O)c1cn(-c2cc(F)ccc2Br)cn1.